The summed E-state index contributed by atoms with van der Waals surface area (Å²) < 4.78 is 10.8. The van der Waals surface area contributed by atoms with Gasteiger partial charge in [-0.05, 0) is 51.4 Å². The van der Waals surface area contributed by atoms with Crippen LogP contribution in [0.4, 0.5) is 0 Å². The molecule has 0 rings (SSSR count). The van der Waals surface area contributed by atoms with Crippen LogP contribution in [0.1, 0.15) is 412 Å². The van der Waals surface area contributed by atoms with Gasteiger partial charge >= 0.3 is 11.9 Å². The van der Waals surface area contributed by atoms with Crippen molar-refractivity contribution in [1.29, 1.82) is 0 Å². The maximum Gasteiger partial charge on any atom is 0.306 e. The average molecular weight is 1150 g/mol. The molecule has 1 unspecified atom stereocenters. The molecule has 0 bridgehead atoms. The monoisotopic (exact) mass is 1150 g/mol. The van der Waals surface area contributed by atoms with E-state index in [0.717, 1.165) is 57.8 Å². The van der Waals surface area contributed by atoms with E-state index in [4.69, 9.17) is 9.47 Å². The first-order valence-corrected chi connectivity index (χ1v) is 37.2. The number of unbranched alkanes of at least 4 members (excludes halogenated alkanes) is 54. The van der Waals surface area contributed by atoms with Crippen LogP contribution in [0.25, 0.3) is 0 Å². The van der Waals surface area contributed by atoms with Gasteiger partial charge in [0, 0.05) is 12.8 Å². The van der Waals surface area contributed by atoms with E-state index in [1.54, 1.807) is 0 Å². The third-order valence-electron chi connectivity index (χ3n) is 17.1. The number of ether oxygens (including phenoxy) is 2. The van der Waals surface area contributed by atoms with Gasteiger partial charge < -0.3 is 14.6 Å². The fourth-order valence-corrected chi connectivity index (χ4v) is 11.6. The van der Waals surface area contributed by atoms with Gasteiger partial charge in [0.1, 0.15) is 6.61 Å². The zero-order valence-electron chi connectivity index (χ0n) is 55.5. The molecule has 0 aromatic heterocycles. The van der Waals surface area contributed by atoms with Crippen LogP contribution in [0.5, 0.6) is 0 Å². The number of carbonyl (C=O) groups excluding carboxylic acids is 2. The van der Waals surface area contributed by atoms with Crippen LogP contribution in [0.2, 0.25) is 0 Å². The predicted molar refractivity (Wildman–Crippen MR) is 362 cm³/mol. The number of esters is 2. The maximum absolute atomic E-state index is 12.4. The minimum atomic E-state index is -0.773. The highest BCUT2D eigenvalue weighted by Crippen LogP contribution is 2.20. The predicted octanol–water partition coefficient (Wildman–Crippen LogP) is 25.9. The number of hydrogen-bond donors (Lipinski definition) is 1. The summed E-state index contributed by atoms with van der Waals surface area (Å²) in [5.74, 6) is -0.570. The van der Waals surface area contributed by atoms with Gasteiger partial charge in [-0.1, -0.05) is 396 Å². The van der Waals surface area contributed by atoms with Gasteiger partial charge in [0.25, 0.3) is 0 Å². The van der Waals surface area contributed by atoms with Gasteiger partial charge in [0.15, 0.2) is 6.10 Å². The summed E-state index contributed by atoms with van der Waals surface area (Å²) in [6.45, 7) is 4.09. The van der Waals surface area contributed by atoms with Gasteiger partial charge in [-0.25, -0.2) is 0 Å². The van der Waals surface area contributed by atoms with E-state index in [-0.39, 0.29) is 25.2 Å². The lowest BCUT2D eigenvalue weighted by Crippen LogP contribution is -2.28. The van der Waals surface area contributed by atoms with E-state index in [9.17, 15) is 14.7 Å². The fourth-order valence-electron chi connectivity index (χ4n) is 11.6. The molecule has 0 aliphatic rings. The molecule has 0 radical (unpaired) electrons. The largest absolute Gasteiger partial charge is 0.462 e. The van der Waals surface area contributed by atoms with E-state index in [2.05, 4.69) is 62.5 Å². The molecule has 1 atom stereocenters. The Morgan fingerprint density at radius 2 is 0.524 bits per heavy atom. The Kier molecular flexibility index (Phi) is 71.2. The summed E-state index contributed by atoms with van der Waals surface area (Å²) in [5.41, 5.74) is 0. The number of aliphatic hydroxyl groups excluding tert-OH is 1. The minimum Gasteiger partial charge on any atom is -0.462 e. The Balaban J connectivity index is 3.36. The Hall–Kier alpha value is -2.14. The lowest BCUT2D eigenvalue weighted by Gasteiger charge is -2.15. The summed E-state index contributed by atoms with van der Waals surface area (Å²) in [6, 6.07) is 0. The van der Waals surface area contributed by atoms with Crippen LogP contribution in [0, 0.1) is 0 Å². The van der Waals surface area contributed by atoms with Crippen molar-refractivity contribution in [3.8, 4) is 0 Å². The number of hydrogen-bond acceptors (Lipinski definition) is 5. The van der Waals surface area contributed by atoms with Crippen LogP contribution in [-0.4, -0.2) is 36.4 Å². The average Bonchev–Trinajstić information content (AvgIpc) is 3.49. The second kappa shape index (κ2) is 73.1. The first kappa shape index (κ1) is 79.9. The third-order valence-corrected chi connectivity index (χ3v) is 17.1. The molecular weight excluding hydrogens is 1000 g/mol. The van der Waals surface area contributed by atoms with Crippen LogP contribution in [0.15, 0.2) is 48.6 Å². The van der Waals surface area contributed by atoms with E-state index in [1.165, 1.54) is 327 Å². The molecule has 0 amide bonds. The van der Waals surface area contributed by atoms with Crippen molar-refractivity contribution >= 4 is 11.9 Å². The van der Waals surface area contributed by atoms with Gasteiger partial charge in [0.05, 0.1) is 6.61 Å². The zero-order chi connectivity index (χ0) is 59.1. The third kappa shape index (κ3) is 70.3. The summed E-state index contributed by atoms with van der Waals surface area (Å²) in [5, 5.41) is 9.71. The van der Waals surface area contributed by atoms with Gasteiger partial charge in [0.2, 0.25) is 0 Å². The van der Waals surface area contributed by atoms with E-state index < -0.39 is 6.10 Å². The highest BCUT2D eigenvalue weighted by atomic mass is 16.6. The minimum absolute atomic E-state index is 0.0614. The summed E-state index contributed by atoms with van der Waals surface area (Å²) in [4.78, 5) is 24.7. The Labute approximate surface area is 513 Å². The second-order valence-electron chi connectivity index (χ2n) is 25.4. The molecule has 0 aliphatic heterocycles. The van der Waals surface area contributed by atoms with Crippen LogP contribution < -0.4 is 0 Å². The highest BCUT2D eigenvalue weighted by Gasteiger charge is 2.16. The zero-order valence-corrected chi connectivity index (χ0v) is 55.5. The quantitative estimate of drug-likeness (QED) is 0.0373. The number of aliphatic hydroxyl groups is 1. The Morgan fingerprint density at radius 1 is 0.293 bits per heavy atom. The van der Waals surface area contributed by atoms with Gasteiger partial charge in [-0.3, -0.25) is 9.59 Å². The molecule has 5 heteroatoms. The van der Waals surface area contributed by atoms with Crippen molar-refractivity contribution in [1.82, 2.24) is 0 Å². The molecule has 0 fully saturated rings. The smallest absolute Gasteiger partial charge is 0.306 e. The fraction of sp³-hybridized carbons (Fsp3) is 0.870. The highest BCUT2D eigenvalue weighted by molar-refractivity contribution is 5.70. The molecule has 0 aromatic rings. The van der Waals surface area contributed by atoms with E-state index >= 15 is 0 Å². The molecule has 0 heterocycles. The molecule has 0 saturated heterocycles. The SMILES string of the molecule is CC/C=C\C/C=C\C/C=C\C/C=C\CCCCCCCCCCCCCCCCC(=O)OC(CO)COC(=O)CCCCCCCCCCCCCCCCCCCCCCCCCCCCCCCCCCCCCCCCCCC. The molecule has 0 spiro atoms. The van der Waals surface area contributed by atoms with Crippen LogP contribution in [-0.2, 0) is 19.1 Å². The topological polar surface area (TPSA) is 72.8 Å². The lowest BCUT2D eigenvalue weighted by molar-refractivity contribution is -0.161. The van der Waals surface area contributed by atoms with Crippen molar-refractivity contribution in [3.05, 3.63) is 48.6 Å². The van der Waals surface area contributed by atoms with Gasteiger partial charge in [-0.15, -0.1) is 0 Å². The summed E-state index contributed by atoms with van der Waals surface area (Å²) >= 11 is 0. The standard InChI is InChI=1S/C77H144O5/c1-3-5-7-9-11-13-15-17-19-21-23-25-27-29-31-32-33-34-35-36-37-38-39-40-41-42-43-44-46-47-49-51-53-55-57-59-61-63-65-67-69-71-76(79)81-74-75(73-78)82-77(80)72-70-68-66-64-62-60-58-56-54-52-50-48-45-30-28-26-24-22-20-18-16-14-12-10-8-6-4-2/h6,8,12,14,18,20,24,26,75,78H,3-5,7,9-11,13,15-17,19,21-23,25,27-74H2,1-2H3/b8-6-,14-12-,20-18-,26-24-. The Bertz CT molecular complexity index is 1350. The molecule has 0 aromatic carbocycles. The lowest BCUT2D eigenvalue weighted by atomic mass is 10.0. The summed E-state index contributed by atoms with van der Waals surface area (Å²) in [6.07, 6.45) is 99.0. The van der Waals surface area contributed by atoms with Crippen LogP contribution >= 0.6 is 0 Å². The normalized spacial score (nSPS) is 12.4. The first-order chi connectivity index (χ1) is 40.6. The maximum atomic E-state index is 12.4. The van der Waals surface area contributed by atoms with Crippen molar-refractivity contribution in [3.63, 3.8) is 0 Å². The molecular formula is C77H144O5. The summed E-state index contributed by atoms with van der Waals surface area (Å²) in [7, 11) is 0. The van der Waals surface area contributed by atoms with E-state index in [1.807, 2.05) is 0 Å². The number of allylic oxidation sites excluding steroid dienone is 8. The van der Waals surface area contributed by atoms with Crippen molar-refractivity contribution in [2.24, 2.45) is 0 Å². The molecule has 1 N–H and O–H groups in total. The number of rotatable bonds is 70. The van der Waals surface area contributed by atoms with Crippen molar-refractivity contribution < 1.29 is 24.2 Å². The van der Waals surface area contributed by atoms with Crippen molar-refractivity contribution in [2.45, 2.75) is 418 Å². The number of carbonyl (C=O) groups is 2. The van der Waals surface area contributed by atoms with Crippen molar-refractivity contribution in [2.75, 3.05) is 13.2 Å². The second-order valence-corrected chi connectivity index (χ2v) is 25.4. The van der Waals surface area contributed by atoms with Crippen LogP contribution in [0.3, 0.4) is 0 Å². The first-order valence-electron chi connectivity index (χ1n) is 37.2. The van der Waals surface area contributed by atoms with E-state index in [0.29, 0.717) is 12.8 Å². The molecule has 482 valence electrons. The molecule has 82 heavy (non-hydrogen) atoms. The molecule has 5 nitrogen and oxygen atoms in total. The van der Waals surface area contributed by atoms with Gasteiger partial charge in [-0.2, -0.15) is 0 Å². The Morgan fingerprint density at radius 3 is 0.793 bits per heavy atom. The molecule has 0 saturated carbocycles. The molecule has 0 aliphatic carbocycles.